The Morgan fingerprint density at radius 3 is 2.79 bits per heavy atom. The van der Waals surface area contributed by atoms with Crippen molar-refractivity contribution in [3.8, 4) is 0 Å². The van der Waals surface area contributed by atoms with Gasteiger partial charge in [0.05, 0.1) is 5.83 Å². The van der Waals surface area contributed by atoms with Gasteiger partial charge in [-0.3, -0.25) is 0 Å². The Balaban J connectivity index is 0.00000169. The van der Waals surface area contributed by atoms with Crippen LogP contribution in [0.1, 0.15) is 6.92 Å². The molecule has 0 amide bonds. The van der Waals surface area contributed by atoms with Gasteiger partial charge < -0.3 is 14.8 Å². The molecule has 1 aliphatic rings. The van der Waals surface area contributed by atoms with E-state index in [0.717, 1.165) is 6.08 Å². The van der Waals surface area contributed by atoms with Crippen LogP contribution in [0.25, 0.3) is 0 Å². The molecule has 1 N–H and O–H groups in total. The summed E-state index contributed by atoms with van der Waals surface area (Å²) in [6.45, 7) is 5.66. The van der Waals surface area contributed by atoms with Crippen LogP contribution in [-0.4, -0.2) is 22.5 Å². The third-order valence-corrected chi connectivity index (χ3v) is 1.67. The minimum absolute atomic E-state index is 0. The number of carboxylic acids is 1. The Morgan fingerprint density at radius 1 is 1.79 bits per heavy atom. The van der Waals surface area contributed by atoms with Crippen molar-refractivity contribution in [3.05, 3.63) is 36.0 Å². The number of carboxylic acid groups (broad SMARTS) is 1. The van der Waals surface area contributed by atoms with Crippen molar-refractivity contribution in [2.24, 2.45) is 0 Å². The van der Waals surface area contributed by atoms with Crippen LogP contribution >= 0.6 is 0 Å². The molecule has 0 unspecified atom stereocenters. The van der Waals surface area contributed by atoms with Crippen molar-refractivity contribution in [2.75, 3.05) is 6.54 Å². The number of nitrogens with zero attached hydrogens (tertiary/aromatic N) is 1. The normalized spacial score (nSPS) is 15.6. The molecular formula is C9H9FNO2Y-. The predicted octanol–water partition coefficient (Wildman–Crippen LogP) is 1.46. The summed E-state index contributed by atoms with van der Waals surface area (Å²) in [5.74, 6) is -1.82. The fourth-order valence-corrected chi connectivity index (χ4v) is 0.964. The molecule has 0 bridgehead atoms. The molecule has 73 valence electrons. The minimum Gasteiger partial charge on any atom is -0.521 e. The van der Waals surface area contributed by atoms with Crippen LogP contribution in [0.4, 0.5) is 4.39 Å². The molecule has 0 aromatic carbocycles. The van der Waals surface area contributed by atoms with E-state index >= 15 is 0 Å². The smallest absolute Gasteiger partial charge is 0.249 e. The summed E-state index contributed by atoms with van der Waals surface area (Å²) in [7, 11) is 0. The zero-order chi connectivity index (χ0) is 10.0. The zero-order valence-electron chi connectivity index (χ0n) is 7.75. The second-order valence-corrected chi connectivity index (χ2v) is 2.51. The summed E-state index contributed by atoms with van der Waals surface area (Å²) in [4.78, 5) is 11.8. The quantitative estimate of drug-likeness (QED) is 0.773. The van der Waals surface area contributed by atoms with Crippen molar-refractivity contribution in [1.82, 2.24) is 4.90 Å². The molecular weight excluding hydrogens is 262 g/mol. The average Bonchev–Trinajstić information content (AvgIpc) is 2.09. The van der Waals surface area contributed by atoms with Crippen LogP contribution in [0.15, 0.2) is 29.8 Å². The maximum atomic E-state index is 13.0. The number of hydrogen-bond acceptors (Lipinski definition) is 2. The van der Waals surface area contributed by atoms with Gasteiger partial charge in [0.1, 0.15) is 0 Å². The number of carbonyl (C=O) groups is 1. The maximum absolute atomic E-state index is 13.0. The van der Waals surface area contributed by atoms with Crippen molar-refractivity contribution >= 4 is 5.97 Å². The van der Waals surface area contributed by atoms with E-state index in [-0.39, 0.29) is 44.0 Å². The van der Waals surface area contributed by atoms with Crippen molar-refractivity contribution in [3.63, 3.8) is 0 Å². The fraction of sp³-hybridized carbons (Fsp3) is 0.222. The molecule has 0 aromatic heterocycles. The van der Waals surface area contributed by atoms with Crippen LogP contribution in [0.3, 0.4) is 0 Å². The fourth-order valence-electron chi connectivity index (χ4n) is 0.964. The van der Waals surface area contributed by atoms with Crippen LogP contribution in [0, 0.1) is 6.20 Å². The molecule has 14 heavy (non-hydrogen) atoms. The van der Waals surface area contributed by atoms with E-state index in [9.17, 15) is 9.18 Å². The van der Waals surface area contributed by atoms with E-state index in [1.165, 1.54) is 4.90 Å². The average molecular weight is 271 g/mol. The van der Waals surface area contributed by atoms with Crippen LogP contribution in [0.5, 0.6) is 0 Å². The standard InChI is InChI=1S/C9H9FNO2.Y/c1-3-11-5-7(9(12)13)4-8(10)6(11)2;/h4H,2-3H2,1H3,(H,12,13);/q-1;. The van der Waals surface area contributed by atoms with Gasteiger partial charge in [-0.25, -0.2) is 4.39 Å². The first kappa shape index (κ1) is 13.5. The van der Waals surface area contributed by atoms with Crippen LogP contribution in [0.2, 0.25) is 0 Å². The van der Waals surface area contributed by atoms with E-state index in [1.807, 2.05) is 0 Å². The van der Waals surface area contributed by atoms with Crippen molar-refractivity contribution in [2.45, 2.75) is 6.92 Å². The summed E-state index contributed by atoms with van der Waals surface area (Å²) in [5, 5.41) is 8.59. The van der Waals surface area contributed by atoms with Crippen LogP contribution < -0.4 is 0 Å². The molecule has 0 aliphatic carbocycles. The van der Waals surface area contributed by atoms with Gasteiger partial charge in [-0.15, -0.1) is 6.58 Å². The molecule has 0 fully saturated rings. The summed E-state index contributed by atoms with van der Waals surface area (Å²) >= 11 is 0. The molecule has 0 atom stereocenters. The second kappa shape index (κ2) is 5.42. The van der Waals surface area contributed by atoms with Gasteiger partial charge in [-0.05, 0) is 18.2 Å². The molecule has 1 heterocycles. The van der Waals surface area contributed by atoms with Crippen LogP contribution in [-0.2, 0) is 37.5 Å². The molecule has 0 saturated carbocycles. The molecule has 3 nitrogen and oxygen atoms in total. The number of rotatable bonds is 2. The van der Waals surface area contributed by atoms with Crippen molar-refractivity contribution in [1.29, 1.82) is 0 Å². The third kappa shape index (κ3) is 2.75. The Hall–Kier alpha value is -0.476. The van der Waals surface area contributed by atoms with Gasteiger partial charge >= 0.3 is 0 Å². The predicted molar refractivity (Wildman–Crippen MR) is 45.1 cm³/mol. The molecule has 0 aromatic rings. The number of hydrogen-bond donors (Lipinski definition) is 1. The topological polar surface area (TPSA) is 40.5 Å². The first-order valence-corrected chi connectivity index (χ1v) is 3.77. The van der Waals surface area contributed by atoms with Crippen molar-refractivity contribution < 1.29 is 47.0 Å². The number of allylic oxidation sites excluding steroid dienone is 1. The molecule has 1 aliphatic heterocycles. The maximum Gasteiger partial charge on any atom is 0.249 e. The second-order valence-electron chi connectivity index (χ2n) is 2.51. The Morgan fingerprint density at radius 2 is 2.36 bits per heavy atom. The van der Waals surface area contributed by atoms with Gasteiger partial charge in [-0.1, -0.05) is 12.3 Å². The van der Waals surface area contributed by atoms with Gasteiger partial charge in [-0.2, -0.15) is 0 Å². The Labute approximate surface area is 107 Å². The van der Waals surface area contributed by atoms with Gasteiger partial charge in [0.2, 0.25) is 5.97 Å². The summed E-state index contributed by atoms with van der Waals surface area (Å²) in [6, 6.07) is 0. The van der Waals surface area contributed by atoms with E-state index in [1.54, 1.807) is 6.92 Å². The first-order valence-electron chi connectivity index (χ1n) is 3.77. The molecule has 0 saturated heterocycles. The third-order valence-electron chi connectivity index (χ3n) is 1.67. The first-order chi connectivity index (χ1) is 6.06. The molecule has 0 spiro atoms. The van der Waals surface area contributed by atoms with E-state index in [0.29, 0.717) is 6.54 Å². The molecule has 1 rings (SSSR count). The van der Waals surface area contributed by atoms with Gasteiger partial charge in [0.15, 0.2) is 0 Å². The monoisotopic (exact) mass is 271 g/mol. The molecule has 1 radical (unpaired) electrons. The minimum atomic E-state index is -1.19. The largest absolute Gasteiger partial charge is 0.521 e. The van der Waals surface area contributed by atoms with E-state index in [2.05, 4.69) is 12.8 Å². The summed E-state index contributed by atoms with van der Waals surface area (Å²) in [6.07, 6.45) is 3.43. The SMILES string of the molecule is C=C1C(F)=CC(C(=O)O)=[C-]N1CC.[Y]. The Kier molecular flexibility index (Phi) is 5.23. The Bertz CT molecular complexity index is 323. The summed E-state index contributed by atoms with van der Waals surface area (Å²) in [5.41, 5.74) is -0.0424. The zero-order valence-corrected chi connectivity index (χ0v) is 10.6. The van der Waals surface area contributed by atoms with Gasteiger partial charge in [0, 0.05) is 39.3 Å². The molecule has 5 heteroatoms. The number of aliphatic carboxylic acids is 1. The number of halogens is 1. The van der Waals surface area contributed by atoms with E-state index < -0.39 is 11.8 Å². The summed E-state index contributed by atoms with van der Waals surface area (Å²) < 4.78 is 13.0. The number of likely N-dealkylation sites (N-methyl/N-ethyl adjacent to an activating group) is 1. The van der Waals surface area contributed by atoms with E-state index in [4.69, 9.17) is 5.11 Å². The van der Waals surface area contributed by atoms with Gasteiger partial charge in [0.25, 0.3) is 0 Å².